The van der Waals surface area contributed by atoms with E-state index >= 15 is 0 Å². The number of likely N-dealkylation sites (tertiary alicyclic amines) is 1. The van der Waals surface area contributed by atoms with Gasteiger partial charge in [-0.05, 0) is 63.6 Å². The Morgan fingerprint density at radius 3 is 2.23 bits per heavy atom. The quantitative estimate of drug-likeness (QED) is 0.476. The van der Waals surface area contributed by atoms with E-state index < -0.39 is 31.7 Å². The van der Waals surface area contributed by atoms with Gasteiger partial charge in [-0.15, -0.1) is 0 Å². The van der Waals surface area contributed by atoms with Crippen LogP contribution < -0.4 is 4.72 Å². The minimum Gasteiger partial charge on any atom is -0.444 e. The molecule has 0 unspecified atom stereocenters. The summed E-state index contributed by atoms with van der Waals surface area (Å²) in [5, 5.41) is 9.97. The lowest BCUT2D eigenvalue weighted by Gasteiger charge is -2.58. The first-order valence-corrected chi connectivity index (χ1v) is 15.2. The van der Waals surface area contributed by atoms with Gasteiger partial charge >= 0.3 is 6.09 Å². The van der Waals surface area contributed by atoms with Gasteiger partial charge in [0.1, 0.15) is 11.7 Å². The van der Waals surface area contributed by atoms with Gasteiger partial charge in [0.25, 0.3) is 10.0 Å². The van der Waals surface area contributed by atoms with Gasteiger partial charge in [0.2, 0.25) is 10.0 Å². The van der Waals surface area contributed by atoms with E-state index in [-0.39, 0.29) is 34.0 Å². The molecule has 2 saturated heterocycles. The van der Waals surface area contributed by atoms with E-state index in [9.17, 15) is 26.9 Å². The Hall–Kier alpha value is -3.60. The van der Waals surface area contributed by atoms with Crippen LogP contribution in [0.1, 0.15) is 31.9 Å². The highest BCUT2D eigenvalue weighted by Gasteiger charge is 2.57. The molecule has 0 aliphatic carbocycles. The summed E-state index contributed by atoms with van der Waals surface area (Å²) in [6.07, 6.45) is 1.11. The average molecular weight is 572 g/mol. The van der Waals surface area contributed by atoms with Crippen molar-refractivity contribution in [2.24, 2.45) is 5.41 Å². The van der Waals surface area contributed by atoms with Gasteiger partial charge in [-0.3, -0.25) is 4.72 Å². The lowest BCUT2D eigenvalue weighted by atomic mass is 9.75. The van der Waals surface area contributed by atoms with Crippen molar-refractivity contribution in [3.05, 3.63) is 53.7 Å². The van der Waals surface area contributed by atoms with Gasteiger partial charge < -0.3 is 14.6 Å². The molecule has 0 atom stereocenters. The number of H-pyrrole nitrogens is 1. The molecule has 1 aromatic heterocycles. The zero-order valence-electron chi connectivity index (χ0n) is 22.0. The van der Waals surface area contributed by atoms with E-state index in [0.717, 1.165) is 5.56 Å². The van der Waals surface area contributed by atoms with Crippen molar-refractivity contribution in [1.29, 1.82) is 5.26 Å². The van der Waals surface area contributed by atoms with Crippen molar-refractivity contribution in [2.75, 3.05) is 30.9 Å². The van der Waals surface area contributed by atoms with Crippen molar-refractivity contribution in [2.45, 2.75) is 43.1 Å². The Morgan fingerprint density at radius 2 is 1.64 bits per heavy atom. The number of nitrogens with zero attached hydrogens (tertiary/aromatic N) is 3. The number of rotatable bonds is 5. The first kappa shape index (κ1) is 27.0. The fraction of sp³-hybridized carbons (Fsp3) is 0.385. The molecule has 3 heterocycles. The maximum absolute atomic E-state index is 13.1. The van der Waals surface area contributed by atoms with E-state index in [4.69, 9.17) is 4.74 Å². The van der Waals surface area contributed by atoms with Crippen LogP contribution in [0.3, 0.4) is 0 Å². The monoisotopic (exact) mass is 571 g/mol. The SMILES string of the molecule is Cc1ccc(NS(=O)(=O)c2ccc(S(=O)(=O)N3CC4(CN(C(=O)OC(C)(C)C)C4)C3)cc2)c2[nH]cc(C#N)c12. The number of aromatic nitrogens is 1. The van der Waals surface area contributed by atoms with Gasteiger partial charge in [-0.2, -0.15) is 9.57 Å². The fourth-order valence-electron chi connectivity index (χ4n) is 5.03. The maximum Gasteiger partial charge on any atom is 0.410 e. The highest BCUT2D eigenvalue weighted by atomic mass is 32.2. The van der Waals surface area contributed by atoms with Crippen molar-refractivity contribution in [3.8, 4) is 6.07 Å². The molecule has 2 fully saturated rings. The van der Waals surface area contributed by atoms with Crippen LogP contribution in [-0.2, 0) is 24.8 Å². The predicted octanol–water partition coefficient (Wildman–Crippen LogP) is 3.39. The van der Waals surface area contributed by atoms with Crippen LogP contribution >= 0.6 is 0 Å². The van der Waals surface area contributed by atoms with E-state index in [2.05, 4.69) is 15.8 Å². The first-order chi connectivity index (χ1) is 18.1. The number of aromatic amines is 1. The third-order valence-electron chi connectivity index (χ3n) is 6.91. The summed E-state index contributed by atoms with van der Waals surface area (Å²) in [5.41, 5.74) is 1.12. The van der Waals surface area contributed by atoms with E-state index in [1.54, 1.807) is 37.8 Å². The lowest BCUT2D eigenvalue weighted by molar-refractivity contribution is -0.0839. The van der Waals surface area contributed by atoms with Crippen molar-refractivity contribution >= 4 is 42.7 Å². The Kier molecular flexibility index (Phi) is 6.21. The zero-order chi connectivity index (χ0) is 28.4. The molecule has 13 heteroatoms. The average Bonchev–Trinajstić information content (AvgIpc) is 3.23. The molecule has 0 saturated carbocycles. The number of aryl methyl sites for hydroxylation is 1. The van der Waals surface area contributed by atoms with Gasteiger partial charge in [0.05, 0.1) is 26.6 Å². The number of hydrogen-bond acceptors (Lipinski definition) is 7. The molecule has 5 rings (SSSR count). The predicted molar refractivity (Wildman–Crippen MR) is 144 cm³/mol. The number of ether oxygens (including phenoxy) is 1. The summed E-state index contributed by atoms with van der Waals surface area (Å²) < 4.78 is 61.6. The molecule has 2 aliphatic heterocycles. The van der Waals surface area contributed by atoms with E-state index in [0.29, 0.717) is 29.6 Å². The Balaban J connectivity index is 1.26. The molecule has 206 valence electrons. The number of fused-ring (bicyclic) bond motifs is 1. The number of nitriles is 1. The van der Waals surface area contributed by atoms with Gasteiger partial charge in [0.15, 0.2) is 0 Å². The Labute approximate surface area is 227 Å². The van der Waals surface area contributed by atoms with Crippen LogP contribution in [0.5, 0.6) is 0 Å². The molecule has 1 spiro atoms. The second kappa shape index (κ2) is 8.97. The van der Waals surface area contributed by atoms with E-state index in [1.807, 2.05) is 6.92 Å². The van der Waals surface area contributed by atoms with Gasteiger partial charge in [-0.25, -0.2) is 21.6 Å². The zero-order valence-corrected chi connectivity index (χ0v) is 23.6. The smallest absolute Gasteiger partial charge is 0.410 e. The Morgan fingerprint density at radius 1 is 1.03 bits per heavy atom. The molecule has 2 N–H and O–H groups in total. The highest BCUT2D eigenvalue weighted by Crippen LogP contribution is 2.42. The van der Waals surface area contributed by atoms with Crippen molar-refractivity contribution < 1.29 is 26.4 Å². The molecule has 3 aromatic rings. The minimum atomic E-state index is -4.04. The highest BCUT2D eigenvalue weighted by molar-refractivity contribution is 7.92. The topological polar surface area (TPSA) is 153 Å². The Bertz CT molecular complexity index is 1720. The molecular weight excluding hydrogens is 542 g/mol. The lowest BCUT2D eigenvalue weighted by Crippen LogP contribution is -2.73. The fourth-order valence-corrected chi connectivity index (χ4v) is 7.77. The normalized spacial score (nSPS) is 17.4. The third kappa shape index (κ3) is 4.84. The molecule has 2 aliphatic rings. The summed E-state index contributed by atoms with van der Waals surface area (Å²) in [6.45, 7) is 8.62. The first-order valence-electron chi connectivity index (χ1n) is 12.3. The summed E-state index contributed by atoms with van der Waals surface area (Å²) in [5.74, 6) is 0. The van der Waals surface area contributed by atoms with Crippen molar-refractivity contribution in [3.63, 3.8) is 0 Å². The third-order valence-corrected chi connectivity index (χ3v) is 10.1. The maximum atomic E-state index is 13.1. The molecule has 39 heavy (non-hydrogen) atoms. The second-order valence-electron chi connectivity index (χ2n) is 11.2. The van der Waals surface area contributed by atoms with Crippen molar-refractivity contribution in [1.82, 2.24) is 14.2 Å². The summed E-state index contributed by atoms with van der Waals surface area (Å²) in [7, 11) is -7.86. The number of benzene rings is 2. The summed E-state index contributed by atoms with van der Waals surface area (Å²) >= 11 is 0. The van der Waals surface area contributed by atoms with Crippen LogP contribution in [0.2, 0.25) is 0 Å². The number of sulfonamides is 2. The van der Waals surface area contributed by atoms with Gasteiger partial charge in [-0.1, -0.05) is 6.07 Å². The molecule has 2 aromatic carbocycles. The van der Waals surface area contributed by atoms with Crippen LogP contribution in [-0.4, -0.2) is 68.9 Å². The standard InChI is InChI=1S/C26H29N5O6S2/c1-17-5-10-21(23-22(17)18(11-27)12-28-23)29-38(33,34)19-6-8-20(9-7-19)39(35,36)31-15-26(16-31)13-30(14-26)24(32)37-25(2,3)4/h5-10,12,28-29H,13-16H2,1-4H3. The number of amides is 1. The number of nitrogens with one attached hydrogen (secondary N) is 2. The number of anilines is 1. The number of carbonyl (C=O) groups excluding carboxylic acids is 1. The molecule has 11 nitrogen and oxygen atoms in total. The summed E-state index contributed by atoms with van der Waals surface area (Å²) in [6, 6.07) is 10.5. The molecule has 0 bridgehead atoms. The van der Waals surface area contributed by atoms with Crippen LogP contribution in [0, 0.1) is 23.7 Å². The van der Waals surface area contributed by atoms with Gasteiger partial charge in [0, 0.05) is 43.2 Å². The number of carbonyl (C=O) groups is 1. The second-order valence-corrected chi connectivity index (χ2v) is 14.8. The minimum absolute atomic E-state index is 0.0135. The van der Waals surface area contributed by atoms with Crippen LogP contribution in [0.4, 0.5) is 10.5 Å². The van der Waals surface area contributed by atoms with E-state index in [1.165, 1.54) is 34.8 Å². The van der Waals surface area contributed by atoms with Crippen LogP contribution in [0.25, 0.3) is 10.9 Å². The van der Waals surface area contributed by atoms with Crippen LogP contribution in [0.15, 0.2) is 52.4 Å². The molecule has 1 amide bonds. The molecular formula is C26H29N5O6S2. The molecule has 0 radical (unpaired) electrons. The number of hydrogen-bond donors (Lipinski definition) is 2. The largest absolute Gasteiger partial charge is 0.444 e. The summed E-state index contributed by atoms with van der Waals surface area (Å²) in [4.78, 5) is 16.6.